The van der Waals surface area contributed by atoms with E-state index in [1.165, 1.54) is 5.56 Å². The molecule has 6 nitrogen and oxygen atoms in total. The number of benzene rings is 1. The van der Waals surface area contributed by atoms with E-state index in [0.717, 1.165) is 62.4 Å². The number of likely N-dealkylation sites (tertiary alicyclic amines) is 1. The van der Waals surface area contributed by atoms with E-state index in [0.29, 0.717) is 24.3 Å². The molecule has 4 rings (SSSR count). The average Bonchev–Trinajstić information content (AvgIpc) is 3.11. The fourth-order valence-corrected chi connectivity index (χ4v) is 4.47. The van der Waals surface area contributed by atoms with E-state index in [4.69, 9.17) is 10.5 Å². The van der Waals surface area contributed by atoms with Gasteiger partial charge in [0.15, 0.2) is 0 Å². The van der Waals surface area contributed by atoms with Crippen LogP contribution in [-0.4, -0.2) is 66.4 Å². The van der Waals surface area contributed by atoms with Crippen LogP contribution in [0.15, 0.2) is 38.9 Å². The highest BCUT2D eigenvalue weighted by Gasteiger charge is 2.33. The third kappa shape index (κ3) is 4.10. The molecule has 0 saturated carbocycles. The average molecular weight is 420 g/mol. The summed E-state index contributed by atoms with van der Waals surface area (Å²) < 4.78 is 6.93. The van der Waals surface area contributed by atoms with Gasteiger partial charge in [-0.15, -0.1) is 10.2 Å². The maximum absolute atomic E-state index is 5.80. The Hall–Kier alpha value is -1.44. The van der Waals surface area contributed by atoms with Crippen LogP contribution in [-0.2, 0) is 11.2 Å². The molecule has 26 heavy (non-hydrogen) atoms. The van der Waals surface area contributed by atoms with Crippen LogP contribution in [0.3, 0.4) is 0 Å². The lowest BCUT2D eigenvalue weighted by atomic mass is 9.97. The second-order valence-electron chi connectivity index (χ2n) is 7.30. The Morgan fingerprint density at radius 2 is 1.88 bits per heavy atom. The summed E-state index contributed by atoms with van der Waals surface area (Å²) in [5, 5.41) is 8.20. The normalized spacial score (nSPS) is 25.3. The second-order valence-corrected chi connectivity index (χ2v) is 8.22. The van der Waals surface area contributed by atoms with Crippen molar-refractivity contribution in [3.05, 3.63) is 34.3 Å². The van der Waals surface area contributed by atoms with Gasteiger partial charge in [-0.3, -0.25) is 4.90 Å². The summed E-state index contributed by atoms with van der Waals surface area (Å²) in [6, 6.07) is 9.75. The number of hydrogen-bond acceptors (Lipinski definition) is 6. The molecular formula is C19H26BrN5O. The van der Waals surface area contributed by atoms with Gasteiger partial charge >= 0.3 is 0 Å². The van der Waals surface area contributed by atoms with Gasteiger partial charge in [-0.2, -0.15) is 0 Å². The minimum absolute atomic E-state index is 0.462. The van der Waals surface area contributed by atoms with Crippen molar-refractivity contribution in [2.75, 3.05) is 32.8 Å². The number of halogens is 1. The predicted molar refractivity (Wildman–Crippen MR) is 107 cm³/mol. The first kappa shape index (κ1) is 17.9. The Labute approximate surface area is 163 Å². The van der Waals surface area contributed by atoms with Crippen LogP contribution in [0.5, 0.6) is 0 Å². The molecule has 3 heterocycles. The summed E-state index contributed by atoms with van der Waals surface area (Å²) in [4.78, 5) is 5.04. The third-order valence-corrected chi connectivity index (χ3v) is 6.12. The van der Waals surface area contributed by atoms with Crippen LogP contribution in [0.2, 0.25) is 0 Å². The Morgan fingerprint density at radius 3 is 2.58 bits per heavy atom. The van der Waals surface area contributed by atoms with Gasteiger partial charge in [-0.05, 0) is 37.0 Å². The molecular weight excluding hydrogens is 394 g/mol. The summed E-state index contributed by atoms with van der Waals surface area (Å²) in [5.41, 5.74) is 7.13. The predicted octanol–water partition coefficient (Wildman–Crippen LogP) is 2.23. The van der Waals surface area contributed by atoms with Gasteiger partial charge in [0.05, 0.1) is 19.6 Å². The molecule has 2 N–H and O–H groups in total. The lowest BCUT2D eigenvalue weighted by molar-refractivity contribution is -0.0379. The summed E-state index contributed by atoms with van der Waals surface area (Å²) in [6.45, 7) is 4.77. The van der Waals surface area contributed by atoms with Gasteiger partial charge in [-0.25, -0.2) is 0 Å². The molecule has 1 aromatic rings. The largest absolute Gasteiger partial charge is 0.385 e. The smallest absolute Gasteiger partial charge is 0.135 e. The number of piperidine rings is 1. The standard InChI is InChI=1S/C19H26BrN5O/c20-15-3-1-14(2-4-15)11-17-13-26-10-9-25(17)16-5-7-24(8-6-16)19-12-18(21)22-23-19/h1-4,16-17H,5-13H2,(H2,21,22). The van der Waals surface area contributed by atoms with E-state index >= 15 is 0 Å². The number of rotatable bonds is 3. The van der Waals surface area contributed by atoms with Crippen LogP contribution >= 0.6 is 15.9 Å². The summed E-state index contributed by atoms with van der Waals surface area (Å²) in [7, 11) is 0. The summed E-state index contributed by atoms with van der Waals surface area (Å²) in [5.74, 6) is 1.67. The van der Waals surface area contributed by atoms with Crippen LogP contribution in [0, 0.1) is 0 Å². The molecule has 0 radical (unpaired) electrons. The fourth-order valence-electron chi connectivity index (χ4n) is 4.20. The van der Waals surface area contributed by atoms with Crippen molar-refractivity contribution in [1.29, 1.82) is 0 Å². The number of nitrogens with zero attached hydrogens (tertiary/aromatic N) is 4. The van der Waals surface area contributed by atoms with Crippen LogP contribution in [0.4, 0.5) is 0 Å². The Kier molecular flexibility index (Phi) is 5.57. The van der Waals surface area contributed by atoms with E-state index in [-0.39, 0.29) is 0 Å². The number of amidine groups is 2. The molecule has 2 saturated heterocycles. The topological polar surface area (TPSA) is 66.5 Å². The Bertz CT molecular complexity index is 682. The quantitative estimate of drug-likeness (QED) is 0.815. The van der Waals surface area contributed by atoms with Crippen molar-refractivity contribution in [1.82, 2.24) is 9.80 Å². The molecule has 7 heteroatoms. The van der Waals surface area contributed by atoms with Crippen LogP contribution in [0.1, 0.15) is 24.8 Å². The van der Waals surface area contributed by atoms with Crippen molar-refractivity contribution >= 4 is 27.6 Å². The van der Waals surface area contributed by atoms with Gasteiger partial charge in [-0.1, -0.05) is 28.1 Å². The lowest BCUT2D eigenvalue weighted by Gasteiger charge is -2.45. The minimum Gasteiger partial charge on any atom is -0.385 e. The first-order chi connectivity index (χ1) is 12.7. The monoisotopic (exact) mass is 419 g/mol. The maximum atomic E-state index is 5.80. The molecule has 140 valence electrons. The summed E-state index contributed by atoms with van der Waals surface area (Å²) in [6.07, 6.45) is 4.07. The Morgan fingerprint density at radius 1 is 1.12 bits per heavy atom. The maximum Gasteiger partial charge on any atom is 0.135 e. The zero-order chi connectivity index (χ0) is 17.9. The fraction of sp³-hybridized carbons (Fsp3) is 0.579. The highest BCUT2D eigenvalue weighted by Crippen LogP contribution is 2.24. The molecule has 2 fully saturated rings. The van der Waals surface area contributed by atoms with Crippen molar-refractivity contribution in [2.24, 2.45) is 15.9 Å². The minimum atomic E-state index is 0.462. The van der Waals surface area contributed by atoms with E-state index in [1.54, 1.807) is 0 Å². The molecule has 0 bridgehead atoms. The first-order valence-electron chi connectivity index (χ1n) is 9.41. The highest BCUT2D eigenvalue weighted by atomic mass is 79.9. The molecule has 0 spiro atoms. The third-order valence-electron chi connectivity index (χ3n) is 5.59. The van der Waals surface area contributed by atoms with Crippen molar-refractivity contribution in [3.8, 4) is 0 Å². The number of nitrogens with two attached hydrogens (primary N) is 1. The summed E-state index contributed by atoms with van der Waals surface area (Å²) >= 11 is 3.52. The molecule has 1 unspecified atom stereocenters. The SMILES string of the molecule is NC1=NN=C(N2CCC(N3CCOCC3Cc3ccc(Br)cc3)CC2)C1. The van der Waals surface area contributed by atoms with Crippen molar-refractivity contribution in [2.45, 2.75) is 37.8 Å². The first-order valence-corrected chi connectivity index (χ1v) is 10.2. The number of hydrogen-bond donors (Lipinski definition) is 1. The second kappa shape index (κ2) is 8.06. The highest BCUT2D eigenvalue weighted by molar-refractivity contribution is 9.10. The van der Waals surface area contributed by atoms with Crippen molar-refractivity contribution < 1.29 is 4.74 Å². The Balaban J connectivity index is 1.35. The zero-order valence-electron chi connectivity index (χ0n) is 15.0. The van der Waals surface area contributed by atoms with E-state index in [2.05, 4.69) is 60.2 Å². The van der Waals surface area contributed by atoms with E-state index < -0.39 is 0 Å². The molecule has 0 aliphatic carbocycles. The van der Waals surface area contributed by atoms with Gasteiger partial charge in [0.1, 0.15) is 11.7 Å². The molecule has 0 amide bonds. The van der Waals surface area contributed by atoms with Crippen molar-refractivity contribution in [3.63, 3.8) is 0 Å². The molecule has 1 aromatic carbocycles. The van der Waals surface area contributed by atoms with E-state index in [1.807, 2.05) is 0 Å². The molecule has 3 aliphatic heterocycles. The molecule has 3 aliphatic rings. The van der Waals surface area contributed by atoms with Gasteiger partial charge in [0, 0.05) is 36.2 Å². The van der Waals surface area contributed by atoms with Gasteiger partial charge in [0.2, 0.25) is 0 Å². The molecule has 1 atom stereocenters. The zero-order valence-corrected chi connectivity index (χ0v) is 16.6. The number of morpholine rings is 1. The lowest BCUT2D eigenvalue weighted by Crippen LogP contribution is -2.55. The van der Waals surface area contributed by atoms with Crippen LogP contribution in [0.25, 0.3) is 0 Å². The molecule has 0 aromatic heterocycles. The van der Waals surface area contributed by atoms with Gasteiger partial charge in [0.25, 0.3) is 0 Å². The van der Waals surface area contributed by atoms with Gasteiger partial charge < -0.3 is 15.4 Å². The number of ether oxygens (including phenoxy) is 1. The van der Waals surface area contributed by atoms with E-state index in [9.17, 15) is 0 Å². The van der Waals surface area contributed by atoms with Crippen LogP contribution < -0.4 is 5.73 Å².